The summed E-state index contributed by atoms with van der Waals surface area (Å²) in [5, 5.41) is 3.26. The van der Waals surface area contributed by atoms with Crippen molar-refractivity contribution in [1.82, 2.24) is 10.3 Å². The molecule has 4 nitrogen and oxygen atoms in total. The van der Waals surface area contributed by atoms with Gasteiger partial charge >= 0.3 is 0 Å². The van der Waals surface area contributed by atoms with Crippen molar-refractivity contribution >= 4 is 16.9 Å². The highest BCUT2D eigenvalue weighted by Crippen LogP contribution is 2.18. The maximum Gasteiger partial charge on any atom is 0.181 e. The molecule has 1 unspecified atom stereocenters. The Balaban J connectivity index is 1.88. The molecule has 1 aromatic heterocycles. The quantitative estimate of drug-likeness (QED) is 0.803. The van der Waals surface area contributed by atoms with Crippen LogP contribution in [0.5, 0.6) is 0 Å². The summed E-state index contributed by atoms with van der Waals surface area (Å²) in [4.78, 5) is 16.3. The van der Waals surface area contributed by atoms with Crippen molar-refractivity contribution < 1.29 is 9.21 Å². The molecule has 1 atom stereocenters. The molecule has 0 spiro atoms. The summed E-state index contributed by atoms with van der Waals surface area (Å²) in [5.41, 5.74) is 2.17. The number of hydrogen-bond donors (Lipinski definition) is 1. The van der Waals surface area contributed by atoms with Gasteiger partial charge < -0.3 is 9.73 Å². The van der Waals surface area contributed by atoms with E-state index >= 15 is 0 Å². The van der Waals surface area contributed by atoms with Gasteiger partial charge in [0.05, 0.1) is 6.04 Å². The molecule has 2 heterocycles. The molecule has 1 saturated heterocycles. The first-order valence-electron chi connectivity index (χ1n) is 5.95. The molecule has 1 aliphatic heterocycles. The number of nitrogens with one attached hydrogen (secondary N) is 1. The van der Waals surface area contributed by atoms with Crippen LogP contribution in [-0.2, 0) is 0 Å². The Morgan fingerprint density at radius 3 is 3.18 bits per heavy atom. The molecule has 0 bridgehead atoms. The van der Waals surface area contributed by atoms with Crippen molar-refractivity contribution in [3.05, 3.63) is 30.2 Å². The van der Waals surface area contributed by atoms with Gasteiger partial charge in [-0.1, -0.05) is 6.42 Å². The Morgan fingerprint density at radius 2 is 2.35 bits per heavy atom. The predicted octanol–water partition coefficient (Wildman–Crippen LogP) is 2.15. The molecule has 1 aromatic carbocycles. The minimum Gasteiger partial charge on any atom is -0.443 e. The monoisotopic (exact) mass is 230 g/mol. The molecule has 0 aliphatic carbocycles. The van der Waals surface area contributed by atoms with Crippen LogP contribution in [0.4, 0.5) is 0 Å². The lowest BCUT2D eigenvalue weighted by Crippen LogP contribution is -2.40. The van der Waals surface area contributed by atoms with Crippen molar-refractivity contribution in [3.63, 3.8) is 0 Å². The second kappa shape index (κ2) is 4.30. The van der Waals surface area contributed by atoms with Crippen LogP contribution in [0.25, 0.3) is 11.1 Å². The second-order valence-corrected chi connectivity index (χ2v) is 4.40. The number of aromatic nitrogens is 1. The van der Waals surface area contributed by atoms with Gasteiger partial charge in [0.15, 0.2) is 17.8 Å². The van der Waals surface area contributed by atoms with Crippen molar-refractivity contribution in [2.75, 3.05) is 6.54 Å². The summed E-state index contributed by atoms with van der Waals surface area (Å²) in [6, 6.07) is 5.39. The van der Waals surface area contributed by atoms with Crippen LogP contribution in [0.2, 0.25) is 0 Å². The summed E-state index contributed by atoms with van der Waals surface area (Å²) in [7, 11) is 0. The number of carbonyl (C=O) groups excluding carboxylic acids is 1. The van der Waals surface area contributed by atoms with Crippen LogP contribution in [-0.4, -0.2) is 23.4 Å². The van der Waals surface area contributed by atoms with Gasteiger partial charge in [-0.2, -0.15) is 0 Å². The highest BCUT2D eigenvalue weighted by atomic mass is 16.3. The number of benzene rings is 1. The Bertz CT molecular complexity index is 541. The van der Waals surface area contributed by atoms with Gasteiger partial charge in [0.25, 0.3) is 0 Å². The molecule has 17 heavy (non-hydrogen) atoms. The molecule has 88 valence electrons. The third-order valence-electron chi connectivity index (χ3n) is 3.24. The first-order valence-corrected chi connectivity index (χ1v) is 5.95. The smallest absolute Gasteiger partial charge is 0.181 e. The Labute approximate surface area is 99.0 Å². The molecular formula is C13H14N2O2. The second-order valence-electron chi connectivity index (χ2n) is 4.40. The van der Waals surface area contributed by atoms with Crippen molar-refractivity contribution in [2.45, 2.75) is 25.3 Å². The Morgan fingerprint density at radius 1 is 1.41 bits per heavy atom. The predicted molar refractivity (Wildman–Crippen MR) is 64.0 cm³/mol. The SMILES string of the molecule is O=C(c1ccc2ncoc2c1)C1CCCCN1. The lowest BCUT2D eigenvalue weighted by atomic mass is 9.96. The van der Waals surface area contributed by atoms with Crippen molar-refractivity contribution in [3.8, 4) is 0 Å². The number of fused-ring (bicyclic) bond motifs is 1. The molecule has 3 rings (SSSR count). The van der Waals surface area contributed by atoms with E-state index in [4.69, 9.17) is 4.42 Å². The zero-order chi connectivity index (χ0) is 11.7. The van der Waals surface area contributed by atoms with E-state index in [-0.39, 0.29) is 11.8 Å². The summed E-state index contributed by atoms with van der Waals surface area (Å²) < 4.78 is 5.21. The van der Waals surface area contributed by atoms with Crippen LogP contribution < -0.4 is 5.32 Å². The molecule has 0 saturated carbocycles. The van der Waals surface area contributed by atoms with Crippen LogP contribution in [0, 0.1) is 0 Å². The third-order valence-corrected chi connectivity index (χ3v) is 3.24. The van der Waals surface area contributed by atoms with Crippen LogP contribution in [0.3, 0.4) is 0 Å². The molecule has 4 heteroatoms. The Kier molecular flexibility index (Phi) is 2.65. The Hall–Kier alpha value is -1.68. The molecule has 1 N–H and O–H groups in total. The first-order chi connectivity index (χ1) is 8.34. The molecule has 1 fully saturated rings. The summed E-state index contributed by atoms with van der Waals surface area (Å²) in [6.45, 7) is 0.932. The zero-order valence-electron chi connectivity index (χ0n) is 9.48. The molecule has 1 aliphatic rings. The van der Waals surface area contributed by atoms with Crippen LogP contribution >= 0.6 is 0 Å². The maximum absolute atomic E-state index is 12.2. The van der Waals surface area contributed by atoms with Gasteiger partial charge in [0.2, 0.25) is 0 Å². The maximum atomic E-state index is 12.2. The minimum atomic E-state index is -0.0379. The average Bonchev–Trinajstić information content (AvgIpc) is 2.86. The third kappa shape index (κ3) is 1.96. The number of oxazole rings is 1. The highest BCUT2D eigenvalue weighted by molar-refractivity contribution is 6.02. The topological polar surface area (TPSA) is 55.1 Å². The number of Topliss-reactive ketones (excluding diaryl/α,β-unsaturated/α-hetero) is 1. The highest BCUT2D eigenvalue weighted by Gasteiger charge is 2.22. The number of ketones is 1. The molecule has 0 amide bonds. The van der Waals surface area contributed by atoms with E-state index in [1.54, 1.807) is 6.07 Å². The lowest BCUT2D eigenvalue weighted by molar-refractivity contribution is 0.0927. The fourth-order valence-electron chi connectivity index (χ4n) is 2.29. The number of carbonyl (C=O) groups is 1. The van der Waals surface area contributed by atoms with Crippen molar-refractivity contribution in [2.24, 2.45) is 0 Å². The van der Waals surface area contributed by atoms with E-state index in [0.29, 0.717) is 11.1 Å². The zero-order valence-corrected chi connectivity index (χ0v) is 9.48. The summed E-state index contributed by atoms with van der Waals surface area (Å²) >= 11 is 0. The summed E-state index contributed by atoms with van der Waals surface area (Å²) in [5.74, 6) is 0.156. The average molecular weight is 230 g/mol. The number of rotatable bonds is 2. The first kappa shape index (κ1) is 10.5. The standard InChI is InChI=1S/C13H14N2O2/c16-13(11-3-1-2-6-14-11)9-4-5-10-12(7-9)17-8-15-10/h4-5,7-8,11,14H,1-3,6H2. The van der Waals surface area contributed by atoms with E-state index in [9.17, 15) is 4.79 Å². The van der Waals surface area contributed by atoms with E-state index in [0.717, 1.165) is 31.3 Å². The fourth-order valence-corrected chi connectivity index (χ4v) is 2.29. The number of nitrogens with zero attached hydrogens (tertiary/aromatic N) is 1. The number of piperidine rings is 1. The van der Waals surface area contributed by atoms with Crippen LogP contribution in [0.1, 0.15) is 29.6 Å². The van der Waals surface area contributed by atoms with E-state index in [1.165, 1.54) is 6.39 Å². The van der Waals surface area contributed by atoms with E-state index in [2.05, 4.69) is 10.3 Å². The largest absolute Gasteiger partial charge is 0.443 e. The summed E-state index contributed by atoms with van der Waals surface area (Å²) in [6.07, 6.45) is 4.60. The van der Waals surface area contributed by atoms with E-state index < -0.39 is 0 Å². The van der Waals surface area contributed by atoms with Crippen LogP contribution in [0.15, 0.2) is 29.0 Å². The van der Waals surface area contributed by atoms with Gasteiger partial charge in [-0.15, -0.1) is 0 Å². The van der Waals surface area contributed by atoms with E-state index in [1.807, 2.05) is 12.1 Å². The normalized spacial score (nSPS) is 20.6. The number of hydrogen-bond acceptors (Lipinski definition) is 4. The van der Waals surface area contributed by atoms with Gasteiger partial charge in [0.1, 0.15) is 5.52 Å². The van der Waals surface area contributed by atoms with Gasteiger partial charge in [0, 0.05) is 5.56 Å². The molecule has 2 aromatic rings. The van der Waals surface area contributed by atoms with Crippen molar-refractivity contribution in [1.29, 1.82) is 0 Å². The van der Waals surface area contributed by atoms with Gasteiger partial charge in [-0.25, -0.2) is 4.98 Å². The fraction of sp³-hybridized carbons (Fsp3) is 0.385. The lowest BCUT2D eigenvalue weighted by Gasteiger charge is -2.22. The van der Waals surface area contributed by atoms with Gasteiger partial charge in [-0.3, -0.25) is 4.79 Å². The van der Waals surface area contributed by atoms with Gasteiger partial charge in [-0.05, 0) is 37.6 Å². The molecule has 0 radical (unpaired) electrons. The minimum absolute atomic E-state index is 0.0379. The molecular weight excluding hydrogens is 216 g/mol.